The molecule has 0 spiro atoms. The van der Waals surface area contributed by atoms with Gasteiger partial charge in [-0.05, 0) is 44.1 Å². The predicted molar refractivity (Wildman–Crippen MR) is 122 cm³/mol. The molecule has 1 aliphatic carbocycles. The molecule has 1 unspecified atom stereocenters. The Bertz CT molecular complexity index is 1150. The first kappa shape index (κ1) is 24.5. The minimum atomic E-state index is -4.97. The van der Waals surface area contributed by atoms with Gasteiger partial charge in [-0.15, -0.1) is 0 Å². The molecule has 0 radical (unpaired) electrons. The third kappa shape index (κ3) is 3.66. The average molecular weight is 496 g/mol. The van der Waals surface area contributed by atoms with Crippen LogP contribution in [0.4, 0.5) is 18.9 Å². The third-order valence-corrected chi connectivity index (χ3v) is 7.23. The quantitative estimate of drug-likeness (QED) is 0.636. The Hall–Kier alpha value is -2.62. The number of fused-ring (bicyclic) bond motifs is 1. The molecule has 0 bridgehead atoms. The van der Waals surface area contributed by atoms with E-state index < -0.39 is 46.3 Å². The van der Waals surface area contributed by atoms with Crippen molar-refractivity contribution in [2.75, 3.05) is 18.0 Å². The number of benzene rings is 2. The van der Waals surface area contributed by atoms with E-state index in [0.29, 0.717) is 18.9 Å². The van der Waals surface area contributed by atoms with E-state index in [-0.39, 0.29) is 22.3 Å². The molecule has 2 aromatic rings. The van der Waals surface area contributed by atoms with Crippen LogP contribution in [0.3, 0.4) is 0 Å². The summed E-state index contributed by atoms with van der Waals surface area (Å²) in [5.74, 6) is -1.99. The van der Waals surface area contributed by atoms with E-state index in [1.165, 1.54) is 23.1 Å². The summed E-state index contributed by atoms with van der Waals surface area (Å²) in [7, 11) is 0. The first-order chi connectivity index (χ1) is 15.9. The fourth-order valence-corrected chi connectivity index (χ4v) is 5.40. The van der Waals surface area contributed by atoms with Crippen molar-refractivity contribution in [2.24, 2.45) is 5.73 Å². The maximum absolute atomic E-state index is 14.2. The van der Waals surface area contributed by atoms with E-state index in [1.807, 2.05) is 13.8 Å². The number of anilines is 1. The van der Waals surface area contributed by atoms with Crippen molar-refractivity contribution in [1.29, 1.82) is 0 Å². The van der Waals surface area contributed by atoms with E-state index >= 15 is 0 Å². The summed E-state index contributed by atoms with van der Waals surface area (Å²) >= 11 is 6.26. The van der Waals surface area contributed by atoms with E-state index in [0.717, 1.165) is 19.2 Å². The molecule has 182 valence electrons. The molecular weight excluding hydrogens is 471 g/mol. The number of alkyl halides is 3. The minimum absolute atomic E-state index is 0.0483. The Kier molecular flexibility index (Phi) is 6.16. The molecule has 4 rings (SSSR count). The predicted octanol–water partition coefficient (Wildman–Crippen LogP) is 3.91. The molecule has 2 amide bonds. The van der Waals surface area contributed by atoms with E-state index in [9.17, 15) is 27.9 Å². The van der Waals surface area contributed by atoms with Gasteiger partial charge in [0, 0.05) is 33.8 Å². The standard InChI is InChI=1S/C24H25ClF3N3O3/c1-3-30(4-2)14-11-15(12-14)31-19-10-13(21(29)32)9-17(24(26,27)28)20(19)23(34,22(31)33)16-7-5-6-8-18(16)25/h5-10,14-15,34H,3-4,11-12H2,1-2H3,(H2,29,32). The van der Waals surface area contributed by atoms with Crippen molar-refractivity contribution in [2.45, 2.75) is 50.6 Å². The van der Waals surface area contributed by atoms with Crippen LogP contribution in [0.2, 0.25) is 5.02 Å². The first-order valence-corrected chi connectivity index (χ1v) is 11.4. The van der Waals surface area contributed by atoms with Gasteiger partial charge in [0.15, 0.2) is 5.60 Å². The summed E-state index contributed by atoms with van der Waals surface area (Å²) < 4.78 is 42.7. The smallest absolute Gasteiger partial charge is 0.372 e. The van der Waals surface area contributed by atoms with Crippen LogP contribution in [0.1, 0.15) is 53.7 Å². The van der Waals surface area contributed by atoms with Crippen molar-refractivity contribution < 1.29 is 27.9 Å². The maximum Gasteiger partial charge on any atom is 0.416 e. The van der Waals surface area contributed by atoms with Crippen LogP contribution in [0.5, 0.6) is 0 Å². The van der Waals surface area contributed by atoms with Crippen LogP contribution >= 0.6 is 11.6 Å². The lowest BCUT2D eigenvalue weighted by atomic mass is 9.83. The molecule has 6 nitrogen and oxygen atoms in total. The summed E-state index contributed by atoms with van der Waals surface area (Å²) in [6.45, 7) is 5.62. The summed E-state index contributed by atoms with van der Waals surface area (Å²) in [5.41, 5.74) is 0.0122. The van der Waals surface area contributed by atoms with Gasteiger partial charge in [-0.25, -0.2) is 0 Å². The lowest BCUT2D eigenvalue weighted by Gasteiger charge is -2.46. The second-order valence-electron chi connectivity index (χ2n) is 8.65. The molecule has 0 saturated heterocycles. The van der Waals surface area contributed by atoms with Crippen molar-refractivity contribution in [1.82, 2.24) is 4.90 Å². The molecule has 2 aliphatic rings. The summed E-state index contributed by atoms with van der Waals surface area (Å²) in [5, 5.41) is 11.7. The number of carbonyl (C=O) groups excluding carboxylic acids is 2. The second kappa shape index (κ2) is 8.55. The number of rotatable bonds is 6. The lowest BCUT2D eigenvalue weighted by molar-refractivity contribution is -0.142. The Morgan fingerprint density at radius 2 is 1.85 bits per heavy atom. The Morgan fingerprint density at radius 1 is 1.24 bits per heavy atom. The maximum atomic E-state index is 14.2. The fourth-order valence-electron chi connectivity index (χ4n) is 5.13. The van der Waals surface area contributed by atoms with Gasteiger partial charge in [-0.3, -0.25) is 9.59 Å². The zero-order valence-electron chi connectivity index (χ0n) is 18.7. The minimum Gasteiger partial charge on any atom is -0.372 e. The van der Waals surface area contributed by atoms with Crippen molar-refractivity contribution in [3.05, 3.63) is 63.7 Å². The molecule has 1 atom stereocenters. The Labute approximate surface area is 200 Å². The highest BCUT2D eigenvalue weighted by Gasteiger charge is 2.59. The zero-order valence-corrected chi connectivity index (χ0v) is 19.5. The number of amides is 2. The summed E-state index contributed by atoms with van der Waals surface area (Å²) in [6.07, 6.45) is -3.92. The molecule has 1 heterocycles. The van der Waals surface area contributed by atoms with Gasteiger partial charge in [0.25, 0.3) is 5.91 Å². The van der Waals surface area contributed by atoms with Gasteiger partial charge in [0.2, 0.25) is 5.91 Å². The van der Waals surface area contributed by atoms with Crippen LogP contribution in [-0.4, -0.2) is 47.0 Å². The van der Waals surface area contributed by atoms with E-state index in [4.69, 9.17) is 17.3 Å². The number of halogens is 4. The van der Waals surface area contributed by atoms with Crippen molar-refractivity contribution in [3.8, 4) is 0 Å². The van der Waals surface area contributed by atoms with E-state index in [1.54, 1.807) is 6.07 Å². The Balaban J connectivity index is 1.93. The third-order valence-electron chi connectivity index (χ3n) is 6.90. The topological polar surface area (TPSA) is 86.9 Å². The van der Waals surface area contributed by atoms with Gasteiger partial charge in [-0.2, -0.15) is 13.2 Å². The number of nitrogens with zero attached hydrogens (tertiary/aromatic N) is 2. The molecule has 1 fully saturated rings. The molecule has 0 aromatic heterocycles. The summed E-state index contributed by atoms with van der Waals surface area (Å²) in [6, 6.07) is 7.21. The Morgan fingerprint density at radius 3 is 2.38 bits per heavy atom. The van der Waals surface area contributed by atoms with Gasteiger partial charge in [-0.1, -0.05) is 43.6 Å². The van der Waals surface area contributed by atoms with Gasteiger partial charge in [0.05, 0.1) is 11.3 Å². The number of hydrogen-bond acceptors (Lipinski definition) is 4. The normalized spacial score (nSPS) is 24.4. The summed E-state index contributed by atoms with van der Waals surface area (Å²) in [4.78, 5) is 29.1. The zero-order chi connectivity index (χ0) is 25.0. The van der Waals surface area contributed by atoms with Crippen molar-refractivity contribution in [3.63, 3.8) is 0 Å². The number of carbonyl (C=O) groups is 2. The fraction of sp³-hybridized carbons (Fsp3) is 0.417. The van der Waals surface area contributed by atoms with Crippen molar-refractivity contribution >= 4 is 29.1 Å². The molecule has 3 N–H and O–H groups in total. The van der Waals surface area contributed by atoms with Gasteiger partial charge >= 0.3 is 6.18 Å². The first-order valence-electron chi connectivity index (χ1n) is 11.1. The highest BCUT2D eigenvalue weighted by molar-refractivity contribution is 6.32. The van der Waals surface area contributed by atoms with Crippen LogP contribution in [-0.2, 0) is 16.6 Å². The molecule has 10 heteroatoms. The van der Waals surface area contributed by atoms with Crippen LogP contribution in [0.15, 0.2) is 36.4 Å². The number of nitrogens with two attached hydrogens (primary N) is 1. The molecule has 2 aromatic carbocycles. The molecule has 1 saturated carbocycles. The average Bonchev–Trinajstić information content (AvgIpc) is 2.97. The number of primary amides is 1. The van der Waals surface area contributed by atoms with E-state index in [2.05, 4.69) is 4.90 Å². The van der Waals surface area contributed by atoms with Gasteiger partial charge < -0.3 is 20.6 Å². The number of aliphatic hydroxyl groups is 1. The highest BCUT2D eigenvalue weighted by atomic mass is 35.5. The SMILES string of the molecule is CCN(CC)C1CC(N2C(=O)C(O)(c3ccccc3Cl)c3c2cc(C(N)=O)cc3C(F)(F)F)C1. The molecular formula is C24H25ClF3N3O3. The second-order valence-corrected chi connectivity index (χ2v) is 9.05. The highest BCUT2D eigenvalue weighted by Crippen LogP contribution is 2.53. The lowest BCUT2D eigenvalue weighted by Crippen LogP contribution is -2.56. The molecule has 1 aliphatic heterocycles. The van der Waals surface area contributed by atoms with Crippen LogP contribution in [0, 0.1) is 0 Å². The van der Waals surface area contributed by atoms with Crippen LogP contribution < -0.4 is 10.6 Å². The van der Waals surface area contributed by atoms with Gasteiger partial charge in [0.1, 0.15) is 0 Å². The molecule has 34 heavy (non-hydrogen) atoms. The van der Waals surface area contributed by atoms with Crippen LogP contribution in [0.25, 0.3) is 0 Å². The monoisotopic (exact) mass is 495 g/mol. The largest absolute Gasteiger partial charge is 0.416 e. The number of hydrogen-bond donors (Lipinski definition) is 2.